The standard InChI is InChI=1S/C31H49F5N4O5S/c1-11-20(5)24(37-29(44)30(6,7)39(8)9)27(41)40(10)22(19(3)4)18-23(45-12-2)31(32)38-25(28(42)43)26(46(31,33,34,35)36)21-16-14-13-15-17-21/h13-17,19-20,22-24,38H,11-12,18H2,1-10H3,(H,37,44)(H,42,43)/t20-,22+,23+,24-,31?/m0/s1. The van der Waals surface area contributed by atoms with Gasteiger partial charge in [-0.3, -0.25) is 14.5 Å². The predicted molar refractivity (Wildman–Crippen MR) is 171 cm³/mol. The zero-order valence-corrected chi connectivity index (χ0v) is 29.0. The molecule has 2 rings (SSSR count). The molecule has 3 N–H and O–H groups in total. The van der Waals surface area contributed by atoms with Gasteiger partial charge < -0.3 is 25.4 Å². The van der Waals surface area contributed by atoms with Gasteiger partial charge in [-0.2, -0.15) is 4.39 Å². The van der Waals surface area contributed by atoms with E-state index in [-0.39, 0.29) is 0 Å². The minimum Gasteiger partial charge on any atom is -0.477 e. The van der Waals surface area contributed by atoms with Crippen LogP contribution in [0.3, 0.4) is 0 Å². The van der Waals surface area contributed by atoms with E-state index in [4.69, 9.17) is 4.74 Å². The fourth-order valence-electron chi connectivity index (χ4n) is 5.36. The predicted octanol–water partition coefficient (Wildman–Crippen LogP) is 6.23. The molecule has 1 aromatic carbocycles. The highest BCUT2D eigenvalue weighted by molar-refractivity contribution is 8.57. The van der Waals surface area contributed by atoms with Gasteiger partial charge in [0.05, 0.1) is 5.54 Å². The molecule has 1 heterocycles. The van der Waals surface area contributed by atoms with Gasteiger partial charge in [0.2, 0.25) is 21.7 Å². The maximum Gasteiger partial charge on any atom is 0.353 e. The maximum atomic E-state index is 16.9. The molecule has 0 fully saturated rings. The highest BCUT2D eigenvalue weighted by Gasteiger charge is 2.89. The summed E-state index contributed by atoms with van der Waals surface area (Å²) in [5, 5.41) is 8.87. The van der Waals surface area contributed by atoms with Crippen molar-refractivity contribution in [2.45, 2.75) is 90.2 Å². The molecule has 0 saturated heterocycles. The molecule has 0 bridgehead atoms. The molecule has 0 spiro atoms. The summed E-state index contributed by atoms with van der Waals surface area (Å²) in [7, 11) is -5.49. The van der Waals surface area contributed by atoms with Gasteiger partial charge >= 0.3 is 11.1 Å². The molecule has 2 amide bonds. The third-order valence-electron chi connectivity index (χ3n) is 9.07. The highest BCUT2D eigenvalue weighted by Crippen LogP contribution is 3.09. The van der Waals surface area contributed by atoms with Gasteiger partial charge in [0.25, 0.3) is 0 Å². The number of ether oxygens (including phenoxy) is 1. The van der Waals surface area contributed by atoms with E-state index in [9.17, 15) is 19.5 Å². The number of benzene rings is 1. The first-order valence-electron chi connectivity index (χ1n) is 15.2. The second-order valence-corrected chi connectivity index (χ2v) is 16.1. The Morgan fingerprint density at radius 2 is 1.59 bits per heavy atom. The Bertz CT molecular complexity index is 1340. The Morgan fingerprint density at radius 3 is 2.02 bits per heavy atom. The number of halogens is 5. The molecular formula is C31H49F5N4O5S. The van der Waals surface area contributed by atoms with Crippen molar-refractivity contribution in [3.05, 3.63) is 41.6 Å². The Kier molecular flexibility index (Phi) is 11.1. The van der Waals surface area contributed by atoms with E-state index in [1.165, 1.54) is 25.4 Å². The summed E-state index contributed by atoms with van der Waals surface area (Å²) in [5.74, 6) is -4.30. The van der Waals surface area contributed by atoms with Crippen LogP contribution in [0.2, 0.25) is 0 Å². The van der Waals surface area contributed by atoms with E-state index < -0.39 is 97.5 Å². The number of alkyl halides is 1. The van der Waals surface area contributed by atoms with Gasteiger partial charge in [0.1, 0.15) is 22.7 Å². The zero-order chi connectivity index (χ0) is 35.7. The number of aliphatic carboxylic acids is 1. The highest BCUT2D eigenvalue weighted by atomic mass is 32.5. The molecule has 9 nitrogen and oxygen atoms in total. The fraction of sp³-hybridized carbons (Fsp3) is 0.645. The third-order valence-corrected chi connectivity index (χ3v) is 11.9. The van der Waals surface area contributed by atoms with E-state index in [0.717, 1.165) is 29.2 Å². The first-order valence-corrected chi connectivity index (χ1v) is 17.2. The molecule has 0 radical (unpaired) electrons. The van der Waals surface area contributed by atoms with Crippen molar-refractivity contribution in [3.63, 3.8) is 0 Å². The minimum atomic E-state index is -10.2. The lowest BCUT2D eigenvalue weighted by atomic mass is 9.92. The number of amides is 2. The van der Waals surface area contributed by atoms with Crippen molar-refractivity contribution in [1.29, 1.82) is 0 Å². The Hall–Kier alpha value is -2.91. The number of carboxylic acid groups (broad SMARTS) is 1. The number of carbonyl (C=O) groups excluding carboxylic acids is 2. The quantitative estimate of drug-likeness (QED) is 0.148. The molecule has 0 aromatic heterocycles. The van der Waals surface area contributed by atoms with E-state index in [1.807, 2.05) is 6.92 Å². The van der Waals surface area contributed by atoms with Crippen molar-refractivity contribution in [2.75, 3.05) is 27.7 Å². The van der Waals surface area contributed by atoms with Gasteiger partial charge in [-0.05, 0) is 52.3 Å². The lowest BCUT2D eigenvalue weighted by Crippen LogP contribution is -2.61. The topological polar surface area (TPSA) is 111 Å². The normalized spacial score (nSPS) is 24.5. The second-order valence-electron chi connectivity index (χ2n) is 12.9. The first-order chi connectivity index (χ1) is 20.8. The van der Waals surface area contributed by atoms with Crippen molar-refractivity contribution in [2.24, 2.45) is 11.8 Å². The molecule has 0 aliphatic carbocycles. The van der Waals surface area contributed by atoms with Gasteiger partial charge in [-0.25, -0.2) is 4.79 Å². The smallest absolute Gasteiger partial charge is 0.353 e. The fourth-order valence-corrected chi connectivity index (χ4v) is 7.82. The van der Waals surface area contributed by atoms with E-state index >= 15 is 19.9 Å². The molecule has 5 atom stereocenters. The van der Waals surface area contributed by atoms with Crippen LogP contribution in [0.5, 0.6) is 0 Å². The largest absolute Gasteiger partial charge is 0.477 e. The number of hydrogen-bond donors (Lipinski definition) is 3. The Balaban J connectivity index is 2.64. The number of nitrogens with one attached hydrogen (secondary N) is 2. The summed E-state index contributed by atoms with van der Waals surface area (Å²) >= 11 is 0. The molecular weight excluding hydrogens is 635 g/mol. The van der Waals surface area contributed by atoms with Crippen LogP contribution in [0.25, 0.3) is 4.91 Å². The van der Waals surface area contributed by atoms with Crippen LogP contribution in [0, 0.1) is 11.8 Å². The monoisotopic (exact) mass is 684 g/mol. The maximum absolute atomic E-state index is 16.9. The van der Waals surface area contributed by atoms with Gasteiger partial charge in [-0.1, -0.05) is 64.4 Å². The second kappa shape index (κ2) is 12.9. The van der Waals surface area contributed by atoms with Crippen LogP contribution in [-0.2, 0) is 19.1 Å². The number of nitrogens with zero attached hydrogens (tertiary/aromatic N) is 2. The number of carboxylic acids is 1. The van der Waals surface area contributed by atoms with Crippen molar-refractivity contribution in [1.82, 2.24) is 20.4 Å². The summed E-state index contributed by atoms with van der Waals surface area (Å²) < 4.78 is 87.5. The number of likely N-dealkylation sites (N-methyl/N-ethyl adjacent to an activating group) is 2. The number of rotatable bonds is 15. The van der Waals surface area contributed by atoms with Crippen LogP contribution in [-0.4, -0.2) is 89.3 Å². The minimum absolute atomic E-state index is 0.397. The summed E-state index contributed by atoms with van der Waals surface area (Å²) in [6.45, 7) is 10.9. The summed E-state index contributed by atoms with van der Waals surface area (Å²) in [6.07, 6.45) is -3.02. The first kappa shape index (κ1) is 39.3. The van der Waals surface area contributed by atoms with Gasteiger partial charge in [0, 0.05) is 26.1 Å². The lowest BCUT2D eigenvalue weighted by Gasteiger charge is -2.57. The SMILES string of the molecule is CCO[C@H](C[C@H](C(C)C)N(C)C(=O)[C@@H](NC(=O)C(C)(C)N(C)C)[C@@H](C)CC)C1(F)NC(C(=O)O)=C(c2ccccc2)S1(F)(F)(F)F. The van der Waals surface area contributed by atoms with E-state index in [2.05, 4.69) is 5.32 Å². The van der Waals surface area contributed by atoms with Crippen LogP contribution in [0.4, 0.5) is 19.9 Å². The molecule has 46 heavy (non-hydrogen) atoms. The van der Waals surface area contributed by atoms with Crippen LogP contribution < -0.4 is 10.6 Å². The lowest BCUT2D eigenvalue weighted by molar-refractivity contribution is -0.143. The molecule has 15 heteroatoms. The average Bonchev–Trinajstić information content (AvgIpc) is 3.11. The van der Waals surface area contributed by atoms with Gasteiger partial charge in [-0.15, -0.1) is 15.5 Å². The Labute approximate surface area is 268 Å². The molecule has 1 aliphatic heterocycles. The molecule has 1 aliphatic rings. The van der Waals surface area contributed by atoms with Crippen LogP contribution in [0.1, 0.15) is 66.9 Å². The molecule has 1 aromatic rings. The van der Waals surface area contributed by atoms with Gasteiger partial charge in [0.15, 0.2) is 0 Å². The van der Waals surface area contributed by atoms with E-state index in [1.54, 1.807) is 53.6 Å². The molecule has 1 unspecified atom stereocenters. The van der Waals surface area contributed by atoms with E-state index in [0.29, 0.717) is 6.42 Å². The van der Waals surface area contributed by atoms with Crippen molar-refractivity contribution >= 4 is 32.5 Å². The third kappa shape index (κ3) is 6.86. The van der Waals surface area contributed by atoms with Crippen LogP contribution in [0.15, 0.2) is 36.0 Å². The molecule has 264 valence electrons. The molecule has 0 saturated carbocycles. The van der Waals surface area contributed by atoms with Crippen molar-refractivity contribution in [3.8, 4) is 0 Å². The number of hydrogen-bond acceptors (Lipinski definition) is 6. The average molecular weight is 685 g/mol. The summed E-state index contributed by atoms with van der Waals surface area (Å²) in [4.78, 5) is 39.8. The summed E-state index contributed by atoms with van der Waals surface area (Å²) in [5.41, 5.74) is -3.55. The van der Waals surface area contributed by atoms with Crippen LogP contribution >= 0.6 is 9.84 Å². The Morgan fingerprint density at radius 1 is 1.04 bits per heavy atom. The summed E-state index contributed by atoms with van der Waals surface area (Å²) in [6, 6.07) is 3.10. The van der Waals surface area contributed by atoms with Crippen molar-refractivity contribution < 1.29 is 44.2 Å². The number of carbonyl (C=O) groups is 3. The zero-order valence-electron chi connectivity index (χ0n) is 28.2.